The Balaban J connectivity index is 1.65. The molecule has 0 bridgehead atoms. The number of benzene rings is 1. The number of ether oxygens (including phenoxy) is 1. The fraction of sp³-hybridized carbons (Fsp3) is 0.286. The lowest BCUT2D eigenvalue weighted by Gasteiger charge is -2.02. The third kappa shape index (κ3) is 4.46. The van der Waals surface area contributed by atoms with E-state index in [-0.39, 0.29) is 5.01 Å². The zero-order valence-electron chi connectivity index (χ0n) is 10.4. The quantitative estimate of drug-likeness (QED) is 0.790. The predicted molar refractivity (Wildman–Crippen MR) is 73.5 cm³/mol. The van der Waals surface area contributed by atoms with Crippen LogP contribution < -0.4 is 0 Å². The zero-order chi connectivity index (χ0) is 13.5. The fourth-order valence-electron chi connectivity index (χ4n) is 1.67. The molecule has 0 unspecified atom stereocenters. The van der Waals surface area contributed by atoms with Gasteiger partial charge < -0.3 is 9.84 Å². The van der Waals surface area contributed by atoms with Crippen molar-refractivity contribution in [3.8, 4) is 0 Å². The van der Waals surface area contributed by atoms with Crippen LogP contribution in [-0.4, -0.2) is 22.7 Å². The smallest absolute Gasteiger partial charge is 0.365 e. The maximum absolute atomic E-state index is 10.7. The van der Waals surface area contributed by atoms with Gasteiger partial charge in [0.1, 0.15) is 0 Å². The standard InChI is InChI=1S/C14H15NO3S/c16-14(17)13-15-12(10-19-13)9-18-8-4-7-11-5-2-1-3-6-11/h1-3,5-6,10H,4,7-9H2,(H,16,17). The Hall–Kier alpha value is -1.72. The van der Waals surface area contributed by atoms with Crippen LogP contribution in [0, 0.1) is 0 Å². The van der Waals surface area contributed by atoms with Crippen LogP contribution >= 0.6 is 11.3 Å². The summed E-state index contributed by atoms with van der Waals surface area (Å²) >= 11 is 1.13. The Labute approximate surface area is 115 Å². The predicted octanol–water partition coefficient (Wildman–Crippen LogP) is 2.99. The van der Waals surface area contributed by atoms with Gasteiger partial charge in [0.2, 0.25) is 5.01 Å². The number of aryl methyl sites for hydroxylation is 1. The third-order valence-corrected chi connectivity index (χ3v) is 3.46. The van der Waals surface area contributed by atoms with Crippen LogP contribution in [0.25, 0.3) is 0 Å². The molecule has 2 rings (SSSR count). The Morgan fingerprint density at radius 3 is 2.79 bits per heavy atom. The van der Waals surface area contributed by atoms with Crippen molar-refractivity contribution >= 4 is 17.3 Å². The summed E-state index contributed by atoms with van der Waals surface area (Å²) in [6, 6.07) is 10.2. The van der Waals surface area contributed by atoms with E-state index < -0.39 is 5.97 Å². The summed E-state index contributed by atoms with van der Waals surface area (Å²) in [5.74, 6) is -0.986. The van der Waals surface area contributed by atoms with Crippen molar-refractivity contribution in [3.05, 3.63) is 52.0 Å². The Morgan fingerprint density at radius 1 is 1.32 bits per heavy atom. The maximum Gasteiger partial charge on any atom is 0.365 e. The summed E-state index contributed by atoms with van der Waals surface area (Å²) in [4.78, 5) is 14.6. The first kappa shape index (κ1) is 13.7. The molecule has 1 N–H and O–H groups in total. The second-order valence-electron chi connectivity index (χ2n) is 4.09. The van der Waals surface area contributed by atoms with Crippen LogP contribution in [0.4, 0.5) is 0 Å². The highest BCUT2D eigenvalue weighted by Crippen LogP contribution is 2.11. The normalized spacial score (nSPS) is 10.5. The Morgan fingerprint density at radius 2 is 2.11 bits per heavy atom. The van der Waals surface area contributed by atoms with Crippen molar-refractivity contribution in [1.82, 2.24) is 4.98 Å². The summed E-state index contributed by atoms with van der Waals surface area (Å²) in [6.07, 6.45) is 1.93. The highest BCUT2D eigenvalue weighted by molar-refractivity contribution is 7.11. The molecule has 0 saturated carbocycles. The van der Waals surface area contributed by atoms with Crippen molar-refractivity contribution in [1.29, 1.82) is 0 Å². The zero-order valence-corrected chi connectivity index (χ0v) is 11.2. The molecule has 0 radical (unpaired) electrons. The molecule has 2 aromatic rings. The van der Waals surface area contributed by atoms with E-state index in [1.807, 2.05) is 18.2 Å². The molecule has 1 heterocycles. The van der Waals surface area contributed by atoms with Crippen molar-refractivity contribution in [3.63, 3.8) is 0 Å². The summed E-state index contributed by atoms with van der Waals surface area (Å²) < 4.78 is 5.49. The lowest BCUT2D eigenvalue weighted by Crippen LogP contribution is -1.99. The van der Waals surface area contributed by atoms with Crippen LogP contribution in [0.1, 0.15) is 27.5 Å². The van der Waals surface area contributed by atoms with Crippen molar-refractivity contribution in [2.75, 3.05) is 6.61 Å². The minimum absolute atomic E-state index is 0.114. The number of thiazole rings is 1. The number of hydrogen-bond donors (Lipinski definition) is 1. The van der Waals surface area contributed by atoms with E-state index in [1.165, 1.54) is 5.56 Å². The van der Waals surface area contributed by atoms with E-state index >= 15 is 0 Å². The molecule has 0 saturated heterocycles. The number of carboxylic acid groups (broad SMARTS) is 1. The van der Waals surface area contributed by atoms with Gasteiger partial charge >= 0.3 is 5.97 Å². The molecule has 1 aromatic carbocycles. The van der Waals surface area contributed by atoms with Gasteiger partial charge in [0.05, 0.1) is 12.3 Å². The van der Waals surface area contributed by atoms with Gasteiger partial charge in [0, 0.05) is 12.0 Å². The number of hydrogen-bond acceptors (Lipinski definition) is 4. The highest BCUT2D eigenvalue weighted by Gasteiger charge is 2.08. The van der Waals surface area contributed by atoms with E-state index in [2.05, 4.69) is 17.1 Å². The van der Waals surface area contributed by atoms with Gasteiger partial charge in [-0.1, -0.05) is 30.3 Å². The van der Waals surface area contributed by atoms with E-state index in [0.29, 0.717) is 18.9 Å². The monoisotopic (exact) mass is 277 g/mol. The molecule has 1 aromatic heterocycles. The SMILES string of the molecule is O=C(O)c1nc(COCCCc2ccccc2)cs1. The van der Waals surface area contributed by atoms with E-state index in [9.17, 15) is 4.79 Å². The average molecular weight is 277 g/mol. The van der Waals surface area contributed by atoms with Crippen molar-refractivity contribution in [2.24, 2.45) is 0 Å². The lowest BCUT2D eigenvalue weighted by atomic mass is 10.1. The molecule has 0 fully saturated rings. The van der Waals surface area contributed by atoms with E-state index in [1.54, 1.807) is 5.38 Å². The average Bonchev–Trinajstić information content (AvgIpc) is 2.89. The van der Waals surface area contributed by atoms with Crippen LogP contribution in [0.15, 0.2) is 35.7 Å². The van der Waals surface area contributed by atoms with Crippen molar-refractivity contribution < 1.29 is 14.6 Å². The number of carboxylic acids is 1. The number of nitrogens with zero attached hydrogens (tertiary/aromatic N) is 1. The summed E-state index contributed by atoms with van der Waals surface area (Å²) in [7, 11) is 0. The van der Waals surface area contributed by atoms with Crippen LogP contribution in [0.3, 0.4) is 0 Å². The van der Waals surface area contributed by atoms with Gasteiger partial charge in [0.15, 0.2) is 0 Å². The van der Waals surface area contributed by atoms with Gasteiger partial charge in [-0.05, 0) is 18.4 Å². The molecule has 0 spiro atoms. The van der Waals surface area contributed by atoms with Gasteiger partial charge in [0.25, 0.3) is 0 Å². The maximum atomic E-state index is 10.7. The third-order valence-electron chi connectivity index (χ3n) is 2.58. The molecule has 5 heteroatoms. The first-order valence-electron chi connectivity index (χ1n) is 6.05. The molecule has 0 amide bonds. The van der Waals surface area contributed by atoms with E-state index in [4.69, 9.17) is 9.84 Å². The number of rotatable bonds is 7. The summed E-state index contributed by atoms with van der Waals surface area (Å²) in [5.41, 5.74) is 1.98. The van der Waals surface area contributed by atoms with Gasteiger partial charge in [-0.15, -0.1) is 11.3 Å². The molecule has 0 atom stereocenters. The summed E-state index contributed by atoms with van der Waals surface area (Å²) in [6.45, 7) is 1.02. The molecule has 19 heavy (non-hydrogen) atoms. The van der Waals surface area contributed by atoms with Crippen molar-refractivity contribution in [2.45, 2.75) is 19.4 Å². The first-order chi connectivity index (χ1) is 9.25. The van der Waals surface area contributed by atoms with Gasteiger partial charge in [-0.25, -0.2) is 9.78 Å². The highest BCUT2D eigenvalue weighted by atomic mass is 32.1. The second-order valence-corrected chi connectivity index (χ2v) is 4.95. The largest absolute Gasteiger partial charge is 0.476 e. The van der Waals surface area contributed by atoms with Gasteiger partial charge in [-0.3, -0.25) is 0 Å². The first-order valence-corrected chi connectivity index (χ1v) is 6.93. The van der Waals surface area contributed by atoms with Crippen LogP contribution in [-0.2, 0) is 17.8 Å². The molecule has 4 nitrogen and oxygen atoms in total. The minimum Gasteiger partial charge on any atom is -0.476 e. The Kier molecular flexibility index (Phi) is 5.06. The number of carbonyl (C=O) groups is 1. The Bertz CT molecular complexity index is 524. The number of aromatic nitrogens is 1. The molecular formula is C14H15NO3S. The lowest BCUT2D eigenvalue weighted by molar-refractivity contribution is 0.0695. The molecule has 0 aliphatic carbocycles. The fourth-order valence-corrected chi connectivity index (χ4v) is 2.31. The van der Waals surface area contributed by atoms with Gasteiger partial charge in [-0.2, -0.15) is 0 Å². The molecule has 0 aliphatic heterocycles. The second kappa shape index (κ2) is 7.01. The number of aromatic carboxylic acids is 1. The topological polar surface area (TPSA) is 59.4 Å². The van der Waals surface area contributed by atoms with Crippen LogP contribution in [0.2, 0.25) is 0 Å². The summed E-state index contributed by atoms with van der Waals surface area (Å²) in [5, 5.41) is 10.6. The molecule has 100 valence electrons. The molecule has 0 aliphatic rings. The molecular weight excluding hydrogens is 262 g/mol. The van der Waals surface area contributed by atoms with Crippen LogP contribution in [0.5, 0.6) is 0 Å². The minimum atomic E-state index is -0.986. The van der Waals surface area contributed by atoms with E-state index in [0.717, 1.165) is 24.2 Å².